The van der Waals surface area contributed by atoms with Crippen molar-refractivity contribution in [2.75, 3.05) is 5.75 Å². The largest absolute Gasteiger partial charge is 0.126 e. The van der Waals surface area contributed by atoms with Gasteiger partial charge < -0.3 is 0 Å². The Morgan fingerprint density at radius 1 is 1.04 bits per heavy atom. The average Bonchev–Trinajstić information content (AvgIpc) is 2.58. The highest BCUT2D eigenvalue weighted by molar-refractivity contribution is 7.99. The topological polar surface area (TPSA) is 0 Å². The van der Waals surface area contributed by atoms with E-state index in [0.717, 1.165) is 5.75 Å². The molecule has 0 aliphatic rings. The highest BCUT2D eigenvalue weighted by Gasteiger charge is 2.30. The molecule has 152 valence electrons. The smallest absolute Gasteiger partial charge is 0.00720 e. The van der Waals surface area contributed by atoms with Crippen molar-refractivity contribution in [3.8, 4) is 0 Å². The zero-order valence-corrected chi connectivity index (χ0v) is 20.0. The molecule has 0 nitrogen and oxygen atoms in total. The standard InChI is InChI=1S/C18H30S.C8H12/c1-8-19-15-11-9-14(10-12-15)16(18(5,6)7)13-17(2,3)4;1-4-7-8(5-2)6-3/h9-12,16H,8,13H2,1-7H3;4-7H,2H2,1,3H3/b;7-4-,8-6-. The summed E-state index contributed by atoms with van der Waals surface area (Å²) in [6, 6.07) is 9.23. The van der Waals surface area contributed by atoms with Gasteiger partial charge in [0, 0.05) is 4.90 Å². The summed E-state index contributed by atoms with van der Waals surface area (Å²) >= 11 is 1.92. The molecule has 1 rings (SSSR count). The van der Waals surface area contributed by atoms with Crippen LogP contribution < -0.4 is 0 Å². The van der Waals surface area contributed by atoms with Gasteiger partial charge in [-0.05, 0) is 66.0 Å². The molecule has 0 saturated carbocycles. The van der Waals surface area contributed by atoms with Gasteiger partial charge >= 0.3 is 0 Å². The molecule has 0 fully saturated rings. The first-order valence-corrected chi connectivity index (χ1v) is 11.1. The molecule has 0 aliphatic heterocycles. The van der Waals surface area contributed by atoms with Gasteiger partial charge in [0.1, 0.15) is 0 Å². The number of hydrogen-bond donors (Lipinski definition) is 0. The van der Waals surface area contributed by atoms with Gasteiger partial charge in [-0.1, -0.05) is 91.5 Å². The Bertz CT molecular complexity index is 589. The van der Waals surface area contributed by atoms with E-state index in [-0.39, 0.29) is 0 Å². The quantitative estimate of drug-likeness (QED) is 0.347. The van der Waals surface area contributed by atoms with Crippen LogP contribution in [0.2, 0.25) is 0 Å². The van der Waals surface area contributed by atoms with Crippen LogP contribution in [0.3, 0.4) is 0 Å². The van der Waals surface area contributed by atoms with Crippen molar-refractivity contribution in [3.05, 3.63) is 66.3 Å². The second kappa shape index (κ2) is 12.3. The third-order valence-electron chi connectivity index (χ3n) is 4.38. The summed E-state index contributed by atoms with van der Waals surface area (Å²) in [7, 11) is 0. The third-order valence-corrected chi connectivity index (χ3v) is 5.28. The zero-order chi connectivity index (χ0) is 21.1. The molecule has 1 aromatic rings. The lowest BCUT2D eigenvalue weighted by Crippen LogP contribution is -2.23. The lowest BCUT2D eigenvalue weighted by molar-refractivity contribution is 0.229. The molecular weight excluding hydrogens is 344 g/mol. The molecule has 0 bridgehead atoms. The van der Waals surface area contributed by atoms with E-state index in [4.69, 9.17) is 0 Å². The first kappa shape index (κ1) is 25.8. The van der Waals surface area contributed by atoms with Crippen LogP contribution in [0, 0.1) is 10.8 Å². The number of benzene rings is 1. The number of hydrogen-bond acceptors (Lipinski definition) is 1. The van der Waals surface area contributed by atoms with Gasteiger partial charge in [-0.2, -0.15) is 0 Å². The molecule has 1 heteroatoms. The molecule has 1 unspecified atom stereocenters. The molecule has 0 aliphatic carbocycles. The third kappa shape index (κ3) is 11.3. The van der Waals surface area contributed by atoms with Crippen molar-refractivity contribution >= 4 is 11.8 Å². The SMILES string of the molecule is C=CC(/C=C\C)=C/C.CCSc1ccc(C(CC(C)(C)C)C(C)(C)C)cc1. The summed E-state index contributed by atoms with van der Waals surface area (Å²) < 4.78 is 0. The molecule has 27 heavy (non-hydrogen) atoms. The Kier molecular flexibility index (Phi) is 11.7. The molecular formula is C26H42S. The van der Waals surface area contributed by atoms with Crippen molar-refractivity contribution in [2.45, 2.75) is 79.5 Å². The second-order valence-corrected chi connectivity index (χ2v) is 10.5. The van der Waals surface area contributed by atoms with Gasteiger partial charge in [0.25, 0.3) is 0 Å². The lowest BCUT2D eigenvalue weighted by Gasteiger charge is -2.36. The molecule has 0 N–H and O–H groups in total. The molecule has 0 heterocycles. The predicted octanol–water partition coefficient (Wildman–Crippen LogP) is 9.06. The first-order valence-electron chi connectivity index (χ1n) is 10.1. The van der Waals surface area contributed by atoms with Crippen molar-refractivity contribution in [1.82, 2.24) is 0 Å². The number of rotatable bonds is 6. The van der Waals surface area contributed by atoms with E-state index in [1.54, 1.807) is 0 Å². The molecule has 0 aromatic heterocycles. The summed E-state index contributed by atoms with van der Waals surface area (Å²) in [6.45, 7) is 23.9. The van der Waals surface area contributed by atoms with E-state index in [1.165, 1.54) is 22.5 Å². The van der Waals surface area contributed by atoms with E-state index in [2.05, 4.69) is 79.3 Å². The van der Waals surface area contributed by atoms with Crippen molar-refractivity contribution in [3.63, 3.8) is 0 Å². The molecule has 1 atom stereocenters. The van der Waals surface area contributed by atoms with Crippen LogP contribution in [0.4, 0.5) is 0 Å². The Balaban J connectivity index is 0.000000713. The minimum absolute atomic E-state index is 0.312. The number of allylic oxidation sites excluding steroid dienone is 5. The lowest BCUT2D eigenvalue weighted by atomic mass is 9.69. The van der Waals surface area contributed by atoms with Gasteiger partial charge in [-0.15, -0.1) is 11.8 Å². The predicted molar refractivity (Wildman–Crippen MR) is 128 cm³/mol. The highest BCUT2D eigenvalue weighted by atomic mass is 32.2. The van der Waals surface area contributed by atoms with Crippen LogP contribution >= 0.6 is 11.8 Å². The van der Waals surface area contributed by atoms with E-state index < -0.39 is 0 Å². The fourth-order valence-electron chi connectivity index (χ4n) is 2.97. The van der Waals surface area contributed by atoms with Crippen molar-refractivity contribution < 1.29 is 0 Å². The summed E-state index contributed by atoms with van der Waals surface area (Å²) in [5, 5.41) is 0. The molecule has 0 amide bonds. The van der Waals surface area contributed by atoms with Crippen molar-refractivity contribution in [2.24, 2.45) is 10.8 Å². The Morgan fingerprint density at radius 3 is 1.89 bits per heavy atom. The monoisotopic (exact) mass is 386 g/mol. The van der Waals surface area contributed by atoms with Gasteiger partial charge in [0.15, 0.2) is 0 Å². The Hall–Kier alpha value is -1.21. The van der Waals surface area contributed by atoms with Gasteiger partial charge in [-0.25, -0.2) is 0 Å². The molecule has 1 aromatic carbocycles. The van der Waals surface area contributed by atoms with Gasteiger partial charge in [-0.3, -0.25) is 0 Å². The first-order chi connectivity index (χ1) is 12.5. The van der Waals surface area contributed by atoms with Crippen LogP contribution in [0.1, 0.15) is 80.2 Å². The average molecular weight is 387 g/mol. The molecule has 0 spiro atoms. The van der Waals surface area contributed by atoms with Gasteiger partial charge in [0.2, 0.25) is 0 Å². The van der Waals surface area contributed by atoms with E-state index >= 15 is 0 Å². The Labute approximate surface area is 174 Å². The van der Waals surface area contributed by atoms with E-state index in [1.807, 2.05) is 49.9 Å². The summed E-state index contributed by atoms with van der Waals surface area (Å²) in [5.74, 6) is 1.76. The second-order valence-electron chi connectivity index (χ2n) is 9.18. The highest BCUT2D eigenvalue weighted by Crippen LogP contribution is 2.43. The zero-order valence-electron chi connectivity index (χ0n) is 19.2. The maximum Gasteiger partial charge on any atom is 0.00720 e. The van der Waals surface area contributed by atoms with Crippen LogP contribution in [-0.4, -0.2) is 5.75 Å². The Morgan fingerprint density at radius 2 is 1.59 bits per heavy atom. The fraction of sp³-hybridized carbons (Fsp3) is 0.538. The maximum absolute atomic E-state index is 3.63. The van der Waals surface area contributed by atoms with Crippen LogP contribution in [-0.2, 0) is 0 Å². The minimum atomic E-state index is 0.312. The maximum atomic E-state index is 3.63. The number of thioether (sulfide) groups is 1. The van der Waals surface area contributed by atoms with Crippen molar-refractivity contribution in [1.29, 1.82) is 0 Å². The minimum Gasteiger partial charge on any atom is -0.126 e. The normalized spacial score (nSPS) is 13.9. The van der Waals surface area contributed by atoms with E-state index in [0.29, 0.717) is 16.7 Å². The summed E-state index contributed by atoms with van der Waals surface area (Å²) in [5.41, 5.74) is 3.34. The fourth-order valence-corrected chi connectivity index (χ4v) is 3.64. The summed E-state index contributed by atoms with van der Waals surface area (Å²) in [6.07, 6.45) is 9.10. The summed E-state index contributed by atoms with van der Waals surface area (Å²) in [4.78, 5) is 1.38. The van der Waals surface area contributed by atoms with Crippen LogP contribution in [0.5, 0.6) is 0 Å². The van der Waals surface area contributed by atoms with Crippen LogP contribution in [0.25, 0.3) is 0 Å². The molecule has 0 radical (unpaired) electrons. The van der Waals surface area contributed by atoms with E-state index in [9.17, 15) is 0 Å². The van der Waals surface area contributed by atoms with Crippen LogP contribution in [0.15, 0.2) is 65.6 Å². The van der Waals surface area contributed by atoms with Gasteiger partial charge in [0.05, 0.1) is 0 Å². The molecule has 0 saturated heterocycles.